The van der Waals surface area contributed by atoms with Crippen LogP contribution in [0.25, 0.3) is 27.9 Å². The molecule has 2 atom stereocenters. The molecule has 1 fully saturated rings. The average Bonchev–Trinajstić information content (AvgIpc) is 3.09. The summed E-state index contributed by atoms with van der Waals surface area (Å²) in [6.45, 7) is 4.84. The van der Waals surface area contributed by atoms with Crippen LogP contribution < -0.4 is 10.9 Å². The molecule has 0 radical (unpaired) electrons. The van der Waals surface area contributed by atoms with Crippen LogP contribution in [-0.4, -0.2) is 36.5 Å². The SMILES string of the molecule is Cc1cn2cc(-c3ncc4c(=O)n([C@@H]5CCN[C@@H](C)C5)ccc4n3)cc(F)c2n1. The second kappa shape index (κ2) is 6.73. The molecule has 1 saturated heterocycles. The summed E-state index contributed by atoms with van der Waals surface area (Å²) in [5.41, 5.74) is 2.01. The van der Waals surface area contributed by atoms with Gasteiger partial charge in [-0.1, -0.05) is 0 Å². The second-order valence-corrected chi connectivity index (χ2v) is 7.74. The van der Waals surface area contributed by atoms with E-state index in [-0.39, 0.29) is 17.2 Å². The van der Waals surface area contributed by atoms with Gasteiger partial charge in [0.1, 0.15) is 0 Å². The number of aromatic nitrogens is 5. The van der Waals surface area contributed by atoms with Crippen molar-refractivity contribution in [1.29, 1.82) is 0 Å². The predicted molar refractivity (Wildman–Crippen MR) is 108 cm³/mol. The van der Waals surface area contributed by atoms with Crippen LogP contribution in [0.2, 0.25) is 0 Å². The molecular weight excluding hydrogens is 371 g/mol. The molecule has 0 bridgehead atoms. The third-order valence-electron chi connectivity index (χ3n) is 5.55. The molecule has 1 N–H and O–H groups in total. The summed E-state index contributed by atoms with van der Waals surface area (Å²) in [4.78, 5) is 26.1. The van der Waals surface area contributed by atoms with Crippen LogP contribution in [0.3, 0.4) is 0 Å². The van der Waals surface area contributed by atoms with Gasteiger partial charge in [0.15, 0.2) is 17.3 Å². The van der Waals surface area contributed by atoms with E-state index in [1.807, 2.05) is 19.2 Å². The zero-order chi connectivity index (χ0) is 20.1. The van der Waals surface area contributed by atoms with Crippen LogP contribution in [0.1, 0.15) is 31.5 Å². The molecule has 4 aromatic rings. The first-order valence-corrected chi connectivity index (χ1v) is 9.76. The van der Waals surface area contributed by atoms with Crippen molar-refractivity contribution in [3.05, 3.63) is 58.8 Å². The Bertz CT molecular complexity index is 1290. The number of nitrogens with one attached hydrogen (secondary N) is 1. The maximum Gasteiger partial charge on any atom is 0.261 e. The van der Waals surface area contributed by atoms with E-state index in [2.05, 4.69) is 27.2 Å². The molecule has 0 spiro atoms. The maximum absolute atomic E-state index is 14.4. The summed E-state index contributed by atoms with van der Waals surface area (Å²) in [6, 6.07) is 3.77. The molecule has 0 aliphatic carbocycles. The van der Waals surface area contributed by atoms with Gasteiger partial charge in [0, 0.05) is 42.4 Å². The Morgan fingerprint density at radius 1 is 1.28 bits per heavy atom. The monoisotopic (exact) mass is 392 g/mol. The third-order valence-corrected chi connectivity index (χ3v) is 5.55. The average molecular weight is 392 g/mol. The minimum Gasteiger partial charge on any atom is -0.314 e. The third kappa shape index (κ3) is 3.09. The number of fused-ring (bicyclic) bond motifs is 2. The lowest BCUT2D eigenvalue weighted by molar-refractivity contribution is 0.309. The number of hydrogen-bond acceptors (Lipinski definition) is 5. The van der Waals surface area contributed by atoms with Crippen LogP contribution >= 0.6 is 0 Å². The first-order chi connectivity index (χ1) is 14.0. The van der Waals surface area contributed by atoms with Crippen LogP contribution in [0.5, 0.6) is 0 Å². The molecule has 8 heteroatoms. The topological polar surface area (TPSA) is 77.1 Å². The summed E-state index contributed by atoms with van der Waals surface area (Å²) >= 11 is 0. The lowest BCUT2D eigenvalue weighted by Gasteiger charge is -2.29. The van der Waals surface area contributed by atoms with Crippen molar-refractivity contribution in [3.8, 4) is 11.4 Å². The van der Waals surface area contributed by atoms with Crippen molar-refractivity contribution in [2.45, 2.75) is 38.8 Å². The van der Waals surface area contributed by atoms with E-state index < -0.39 is 5.82 Å². The Morgan fingerprint density at radius 3 is 2.97 bits per heavy atom. The number of imidazole rings is 1. The van der Waals surface area contributed by atoms with Crippen LogP contribution in [0.15, 0.2) is 41.7 Å². The Morgan fingerprint density at radius 2 is 2.14 bits per heavy atom. The fourth-order valence-corrected chi connectivity index (χ4v) is 4.13. The van der Waals surface area contributed by atoms with Gasteiger partial charge in [0.05, 0.1) is 16.6 Å². The Hall–Kier alpha value is -3.13. The van der Waals surface area contributed by atoms with E-state index in [0.717, 1.165) is 25.1 Å². The van der Waals surface area contributed by atoms with E-state index in [1.165, 1.54) is 6.07 Å². The fraction of sp³-hybridized carbons (Fsp3) is 0.333. The van der Waals surface area contributed by atoms with Gasteiger partial charge in [0.25, 0.3) is 5.56 Å². The molecule has 0 saturated carbocycles. The van der Waals surface area contributed by atoms with E-state index in [9.17, 15) is 9.18 Å². The van der Waals surface area contributed by atoms with Crippen molar-refractivity contribution in [2.24, 2.45) is 0 Å². The number of hydrogen-bond donors (Lipinski definition) is 1. The molecular formula is C21H21FN6O. The molecule has 1 aliphatic heterocycles. The number of halogens is 1. The lowest BCUT2D eigenvalue weighted by atomic mass is 10.00. The van der Waals surface area contributed by atoms with E-state index in [0.29, 0.717) is 28.3 Å². The summed E-state index contributed by atoms with van der Waals surface area (Å²) in [5.74, 6) is -0.0629. The molecule has 5 heterocycles. The van der Waals surface area contributed by atoms with Gasteiger partial charge in [-0.15, -0.1) is 0 Å². The summed E-state index contributed by atoms with van der Waals surface area (Å²) < 4.78 is 17.8. The lowest BCUT2D eigenvalue weighted by Crippen LogP contribution is -2.39. The molecule has 0 unspecified atom stereocenters. The van der Waals surface area contributed by atoms with Crippen molar-refractivity contribution < 1.29 is 4.39 Å². The predicted octanol–water partition coefficient (Wildman–Crippen LogP) is 2.87. The van der Waals surface area contributed by atoms with Crippen LogP contribution in [0, 0.1) is 12.7 Å². The van der Waals surface area contributed by atoms with Gasteiger partial charge in [-0.25, -0.2) is 19.3 Å². The first kappa shape index (κ1) is 17.9. The quantitative estimate of drug-likeness (QED) is 0.568. The number of pyridine rings is 2. The molecule has 7 nitrogen and oxygen atoms in total. The van der Waals surface area contributed by atoms with Crippen molar-refractivity contribution >= 4 is 16.6 Å². The first-order valence-electron chi connectivity index (χ1n) is 9.76. The van der Waals surface area contributed by atoms with Crippen molar-refractivity contribution in [2.75, 3.05) is 6.54 Å². The smallest absolute Gasteiger partial charge is 0.261 e. The molecule has 148 valence electrons. The number of rotatable bonds is 2. The van der Waals surface area contributed by atoms with Gasteiger partial charge in [0.2, 0.25) is 0 Å². The highest BCUT2D eigenvalue weighted by atomic mass is 19.1. The van der Waals surface area contributed by atoms with Gasteiger partial charge in [-0.2, -0.15) is 0 Å². The van der Waals surface area contributed by atoms with Crippen LogP contribution in [0.4, 0.5) is 4.39 Å². The molecule has 4 aromatic heterocycles. The van der Waals surface area contributed by atoms with E-state index >= 15 is 0 Å². The zero-order valence-corrected chi connectivity index (χ0v) is 16.3. The number of nitrogens with zero attached hydrogens (tertiary/aromatic N) is 5. The fourth-order valence-electron chi connectivity index (χ4n) is 4.13. The zero-order valence-electron chi connectivity index (χ0n) is 16.3. The minimum absolute atomic E-state index is 0.0833. The summed E-state index contributed by atoms with van der Waals surface area (Å²) in [6.07, 6.45) is 8.68. The molecule has 1 aliphatic rings. The number of piperidine rings is 1. The van der Waals surface area contributed by atoms with Crippen molar-refractivity contribution in [1.82, 2.24) is 29.2 Å². The Labute approximate surface area is 166 Å². The Balaban J connectivity index is 1.58. The normalized spacial score (nSPS) is 19.8. The van der Waals surface area contributed by atoms with E-state index in [4.69, 9.17) is 0 Å². The van der Waals surface area contributed by atoms with Gasteiger partial charge >= 0.3 is 0 Å². The van der Waals surface area contributed by atoms with Gasteiger partial charge < -0.3 is 14.3 Å². The van der Waals surface area contributed by atoms with Crippen molar-refractivity contribution in [3.63, 3.8) is 0 Å². The maximum atomic E-state index is 14.4. The molecule has 0 aromatic carbocycles. The second-order valence-electron chi connectivity index (χ2n) is 7.74. The highest BCUT2D eigenvalue weighted by molar-refractivity contribution is 5.78. The number of aryl methyl sites for hydroxylation is 1. The standard InChI is InChI=1S/C21H21FN6O/c1-12-7-15(3-5-23-12)28-6-4-18-16(21(28)29)9-24-19(26-18)14-8-17(22)20-25-13(2)10-27(20)11-14/h4,6,8-12,15,23H,3,5,7H2,1-2H3/t12-,15+/m0/s1. The summed E-state index contributed by atoms with van der Waals surface area (Å²) in [7, 11) is 0. The van der Waals surface area contributed by atoms with E-state index in [1.54, 1.807) is 27.6 Å². The molecule has 0 amide bonds. The highest BCUT2D eigenvalue weighted by Crippen LogP contribution is 2.23. The van der Waals surface area contributed by atoms with Gasteiger partial charge in [-0.3, -0.25) is 4.79 Å². The molecule has 29 heavy (non-hydrogen) atoms. The Kier molecular flexibility index (Phi) is 4.16. The molecule has 5 rings (SSSR count). The largest absolute Gasteiger partial charge is 0.314 e. The highest BCUT2D eigenvalue weighted by Gasteiger charge is 2.21. The minimum atomic E-state index is -0.435. The summed E-state index contributed by atoms with van der Waals surface area (Å²) in [5, 5.41) is 3.88. The van der Waals surface area contributed by atoms with Crippen LogP contribution in [-0.2, 0) is 0 Å². The van der Waals surface area contributed by atoms with Gasteiger partial charge in [-0.05, 0) is 45.4 Å².